The van der Waals surface area contributed by atoms with Gasteiger partial charge >= 0.3 is 6.03 Å². The number of unbranched alkanes of at least 4 members (excludes halogenated alkanes) is 3. The van der Waals surface area contributed by atoms with E-state index in [1.807, 2.05) is 0 Å². The van der Waals surface area contributed by atoms with Gasteiger partial charge in [0, 0.05) is 38.0 Å². The van der Waals surface area contributed by atoms with Gasteiger partial charge in [0.25, 0.3) is 0 Å². The van der Waals surface area contributed by atoms with E-state index in [0.717, 1.165) is 4.90 Å². The first-order chi connectivity index (χ1) is 10.4. The number of urea groups is 1. The van der Waals surface area contributed by atoms with Gasteiger partial charge in [-0.15, -0.1) is 0 Å². The van der Waals surface area contributed by atoms with Gasteiger partial charge in [-0.05, 0) is 5.73 Å². The molecular formula is C18H38N2O2Sn. The summed E-state index contributed by atoms with van der Waals surface area (Å²) in [5, 5.41) is 8.92. The molecule has 0 bridgehead atoms. The maximum atomic E-state index is 10.9. The summed E-state index contributed by atoms with van der Waals surface area (Å²) in [5.41, 5.74) is 2.49. The predicted octanol–water partition coefficient (Wildman–Crippen LogP) is 5.53. The second-order valence-corrected chi connectivity index (χ2v) is 5.05. The van der Waals surface area contributed by atoms with Gasteiger partial charge in [0.2, 0.25) is 5.88 Å². The van der Waals surface area contributed by atoms with Gasteiger partial charge in [0.1, 0.15) is 0 Å². The van der Waals surface area contributed by atoms with Crippen molar-refractivity contribution >= 4 is 29.9 Å². The fraction of sp³-hybridized carbons (Fsp3) is 0.778. The van der Waals surface area contributed by atoms with Crippen LogP contribution in [0.25, 0.3) is 0 Å². The minimum Gasteiger partial charge on any atom is -0.488 e. The largest absolute Gasteiger partial charge is 0.488 e. The number of nitrogens with zero attached hydrogens (tertiary/aromatic N) is 2. The zero-order valence-corrected chi connectivity index (χ0v) is 19.4. The molecule has 0 aromatic heterocycles. The number of amides is 2. The smallest absolute Gasteiger partial charge is 0.331 e. The molecule has 0 aliphatic carbocycles. The van der Waals surface area contributed by atoms with E-state index in [1.165, 1.54) is 56.7 Å². The molecule has 5 heteroatoms. The molecule has 2 amide bonds. The van der Waals surface area contributed by atoms with E-state index in [1.54, 1.807) is 7.05 Å². The Morgan fingerprint density at radius 3 is 1.39 bits per heavy atom. The van der Waals surface area contributed by atoms with Crippen molar-refractivity contribution < 1.29 is 9.90 Å². The molecule has 0 spiro atoms. The molecule has 0 atom stereocenters. The Labute approximate surface area is 161 Å². The molecule has 1 aliphatic rings. The van der Waals surface area contributed by atoms with Crippen molar-refractivity contribution in [1.82, 2.24) is 9.80 Å². The molecule has 1 aliphatic heterocycles. The van der Waals surface area contributed by atoms with Crippen LogP contribution >= 0.6 is 0 Å². The molecule has 4 nitrogen and oxygen atoms in total. The molecule has 4 radical (unpaired) electrons. The summed E-state index contributed by atoms with van der Waals surface area (Å²) in [6.07, 6.45) is 9.30. The average molecular weight is 433 g/mol. The van der Waals surface area contributed by atoms with Gasteiger partial charge in [-0.25, -0.2) is 4.79 Å². The third-order valence-corrected chi connectivity index (χ3v) is 2.79. The Morgan fingerprint density at radius 2 is 1.17 bits per heavy atom. The number of aliphatic hydroxyl groups is 1. The fourth-order valence-electron chi connectivity index (χ4n) is 0.634. The van der Waals surface area contributed by atoms with E-state index in [4.69, 9.17) is 5.11 Å². The van der Waals surface area contributed by atoms with E-state index >= 15 is 0 Å². The molecule has 1 N–H and O–H groups in total. The Hall–Kier alpha value is -0.611. The molecule has 0 aromatic rings. The molecule has 23 heavy (non-hydrogen) atoms. The summed E-state index contributed by atoms with van der Waals surface area (Å²) < 4.78 is 0. The number of carbonyl (C=O) groups is 1. The standard InChI is InChI=1S/C6H8N2O2.3C4H10.Sn/c1-7-4-3-5(9)8(2)6(7)10;3*1-3-4-2;/h4,9H,1-2H3;3*3-4H2,1-2H3;. The van der Waals surface area contributed by atoms with Crippen LogP contribution in [0.1, 0.15) is 80.1 Å². The van der Waals surface area contributed by atoms with Crippen molar-refractivity contribution in [2.75, 3.05) is 14.1 Å². The molecule has 0 saturated heterocycles. The minimum atomic E-state index is -0.267. The molecule has 136 valence electrons. The fourth-order valence-corrected chi connectivity index (χ4v) is 0.634. The van der Waals surface area contributed by atoms with Gasteiger partial charge in [0.15, 0.2) is 0 Å². The third kappa shape index (κ3) is 21.4. The number of aliphatic hydroxyl groups excluding tert-OH is 1. The summed E-state index contributed by atoms with van der Waals surface area (Å²) >= 11 is 0. The van der Waals surface area contributed by atoms with Gasteiger partial charge in [-0.3, -0.25) is 9.80 Å². The van der Waals surface area contributed by atoms with E-state index in [9.17, 15) is 4.79 Å². The Bertz CT molecular complexity index is 297. The van der Waals surface area contributed by atoms with Gasteiger partial charge < -0.3 is 5.11 Å². The monoisotopic (exact) mass is 434 g/mol. The summed E-state index contributed by atoms with van der Waals surface area (Å²) in [4.78, 5) is 13.4. The third-order valence-electron chi connectivity index (χ3n) is 2.79. The second-order valence-electron chi connectivity index (χ2n) is 5.05. The molecule has 1 rings (SSSR count). The molecule has 0 fully saturated rings. The Morgan fingerprint density at radius 1 is 0.870 bits per heavy atom. The van der Waals surface area contributed by atoms with Crippen LogP contribution in [0.4, 0.5) is 4.79 Å². The van der Waals surface area contributed by atoms with Crippen LogP contribution in [0.2, 0.25) is 0 Å². The summed E-state index contributed by atoms with van der Waals surface area (Å²) in [5.74, 6) is -0.150. The molecule has 0 saturated carbocycles. The van der Waals surface area contributed by atoms with Crippen molar-refractivity contribution in [1.29, 1.82) is 0 Å². The molecular weight excluding hydrogens is 395 g/mol. The van der Waals surface area contributed by atoms with Crippen LogP contribution in [0.15, 0.2) is 17.8 Å². The van der Waals surface area contributed by atoms with Crippen molar-refractivity contribution in [3.8, 4) is 0 Å². The average Bonchev–Trinajstić information content (AvgIpc) is 2.57. The predicted molar refractivity (Wildman–Crippen MR) is 103 cm³/mol. The van der Waals surface area contributed by atoms with E-state index in [2.05, 4.69) is 47.3 Å². The maximum Gasteiger partial charge on any atom is 0.331 e. The van der Waals surface area contributed by atoms with Gasteiger partial charge in [-0.1, -0.05) is 80.1 Å². The Balaban J connectivity index is -0.000000118. The van der Waals surface area contributed by atoms with Gasteiger partial charge in [0.05, 0.1) is 6.20 Å². The van der Waals surface area contributed by atoms with E-state index in [-0.39, 0.29) is 35.8 Å². The zero-order chi connectivity index (χ0) is 18.0. The zero-order valence-electron chi connectivity index (χ0n) is 16.6. The Kier molecular flexibility index (Phi) is 31.1. The number of hydrogen-bond donors (Lipinski definition) is 1. The molecule has 1 heterocycles. The van der Waals surface area contributed by atoms with E-state index < -0.39 is 0 Å². The van der Waals surface area contributed by atoms with Crippen molar-refractivity contribution in [3.63, 3.8) is 0 Å². The summed E-state index contributed by atoms with van der Waals surface area (Å²) in [7, 11) is 3.08. The first kappa shape index (κ1) is 30.3. The first-order valence-electron chi connectivity index (χ1n) is 8.53. The van der Waals surface area contributed by atoms with Crippen LogP contribution in [0.3, 0.4) is 0 Å². The van der Waals surface area contributed by atoms with Crippen LogP contribution in [-0.4, -0.2) is 58.9 Å². The van der Waals surface area contributed by atoms with E-state index in [0.29, 0.717) is 0 Å². The SMILES string of the molecule is CCCC.CCCC.CCCC.CN1C=C=C(O)N(C)C1=O.[Sn]. The summed E-state index contributed by atoms with van der Waals surface area (Å²) in [6.45, 7) is 13.1. The first-order valence-corrected chi connectivity index (χ1v) is 8.53. The quantitative estimate of drug-likeness (QED) is 0.470. The minimum absolute atomic E-state index is 0. The van der Waals surface area contributed by atoms with Crippen LogP contribution in [0.5, 0.6) is 0 Å². The normalized spacial score (nSPS) is 11.7. The van der Waals surface area contributed by atoms with Crippen molar-refractivity contribution in [2.45, 2.75) is 80.1 Å². The van der Waals surface area contributed by atoms with Gasteiger partial charge in [-0.2, -0.15) is 0 Å². The van der Waals surface area contributed by atoms with Crippen molar-refractivity contribution in [3.05, 3.63) is 17.8 Å². The molecule has 0 unspecified atom stereocenters. The topological polar surface area (TPSA) is 43.8 Å². The second kappa shape index (κ2) is 23.7. The van der Waals surface area contributed by atoms with Crippen LogP contribution < -0.4 is 0 Å². The van der Waals surface area contributed by atoms with Crippen LogP contribution in [0, 0.1) is 0 Å². The number of hydrogen-bond acceptors (Lipinski definition) is 2. The van der Waals surface area contributed by atoms with Crippen molar-refractivity contribution in [2.24, 2.45) is 0 Å². The molecule has 0 aromatic carbocycles. The maximum absolute atomic E-state index is 10.9. The van der Waals surface area contributed by atoms with Crippen LogP contribution in [-0.2, 0) is 0 Å². The number of carbonyl (C=O) groups excluding carboxylic acids is 1. The number of rotatable bonds is 3. The summed E-state index contributed by atoms with van der Waals surface area (Å²) in [6, 6.07) is -0.267.